The summed E-state index contributed by atoms with van der Waals surface area (Å²) in [6.45, 7) is 0.727. The van der Waals surface area contributed by atoms with E-state index >= 15 is 0 Å². The summed E-state index contributed by atoms with van der Waals surface area (Å²) in [5.74, 6) is 3.10. The van der Waals surface area contributed by atoms with Crippen LogP contribution in [0.25, 0.3) is 0 Å². The summed E-state index contributed by atoms with van der Waals surface area (Å²) in [6, 6.07) is 5.61. The van der Waals surface area contributed by atoms with Crippen molar-refractivity contribution in [2.24, 2.45) is 0 Å². The van der Waals surface area contributed by atoms with E-state index in [0.717, 1.165) is 23.4 Å². The molecule has 1 aliphatic rings. The van der Waals surface area contributed by atoms with E-state index in [4.69, 9.17) is 11.2 Å². The quantitative estimate of drug-likeness (QED) is 0.615. The van der Waals surface area contributed by atoms with Gasteiger partial charge in [-0.15, -0.1) is 6.42 Å². The predicted molar refractivity (Wildman–Crippen MR) is 80.0 cm³/mol. The van der Waals surface area contributed by atoms with Gasteiger partial charge >= 0.3 is 0 Å². The van der Waals surface area contributed by atoms with Crippen molar-refractivity contribution in [3.8, 4) is 18.1 Å². The Balaban J connectivity index is 1.76. The van der Waals surface area contributed by atoms with Crippen molar-refractivity contribution in [3.05, 3.63) is 23.8 Å². The van der Waals surface area contributed by atoms with Crippen LogP contribution in [0.3, 0.4) is 0 Å². The normalized spacial score (nSPS) is 12.8. The van der Waals surface area contributed by atoms with Gasteiger partial charge in [-0.2, -0.15) is 0 Å². The SMILES string of the molecule is C#CCNC(=O)CCCOc1ccc2c(c1)CCC(=O)N2. The fourth-order valence-electron chi connectivity index (χ4n) is 2.11. The first-order chi connectivity index (χ1) is 10.2. The second-order valence-corrected chi connectivity index (χ2v) is 4.80. The maximum absolute atomic E-state index is 11.3. The summed E-state index contributed by atoms with van der Waals surface area (Å²) in [4.78, 5) is 22.6. The van der Waals surface area contributed by atoms with Gasteiger partial charge in [0.15, 0.2) is 0 Å². The largest absolute Gasteiger partial charge is 0.494 e. The fraction of sp³-hybridized carbons (Fsp3) is 0.375. The number of carbonyl (C=O) groups excluding carboxylic acids is 2. The highest BCUT2D eigenvalue weighted by Gasteiger charge is 2.14. The zero-order chi connectivity index (χ0) is 15.1. The topological polar surface area (TPSA) is 67.4 Å². The highest BCUT2D eigenvalue weighted by atomic mass is 16.5. The van der Waals surface area contributed by atoms with Crippen molar-refractivity contribution in [2.75, 3.05) is 18.5 Å². The first-order valence-electron chi connectivity index (χ1n) is 6.95. The molecule has 0 aliphatic carbocycles. The molecule has 2 rings (SSSR count). The standard InChI is InChI=1S/C16H18N2O3/c1-2-9-17-15(19)4-3-10-21-13-6-7-14-12(11-13)5-8-16(20)18-14/h1,6-7,11H,3-5,8-10H2,(H,17,19)(H,18,20). The summed E-state index contributed by atoms with van der Waals surface area (Å²) in [5.41, 5.74) is 1.94. The number of aryl methyl sites for hydroxylation is 1. The molecule has 1 aromatic rings. The van der Waals surface area contributed by atoms with Gasteiger partial charge in [0.2, 0.25) is 11.8 Å². The van der Waals surface area contributed by atoms with Crippen LogP contribution in [0, 0.1) is 12.3 Å². The van der Waals surface area contributed by atoms with Crippen molar-refractivity contribution in [2.45, 2.75) is 25.7 Å². The molecule has 110 valence electrons. The van der Waals surface area contributed by atoms with Crippen LogP contribution in [-0.4, -0.2) is 25.0 Å². The van der Waals surface area contributed by atoms with E-state index in [9.17, 15) is 9.59 Å². The van der Waals surface area contributed by atoms with E-state index in [1.807, 2.05) is 18.2 Å². The van der Waals surface area contributed by atoms with E-state index in [-0.39, 0.29) is 18.4 Å². The van der Waals surface area contributed by atoms with Gasteiger partial charge in [-0.3, -0.25) is 9.59 Å². The minimum atomic E-state index is -0.0651. The molecule has 0 saturated carbocycles. The average Bonchev–Trinajstić information content (AvgIpc) is 2.49. The Morgan fingerprint density at radius 2 is 2.29 bits per heavy atom. The number of hydrogen-bond acceptors (Lipinski definition) is 3. The summed E-state index contributed by atoms with van der Waals surface area (Å²) >= 11 is 0. The molecule has 0 atom stereocenters. The van der Waals surface area contributed by atoms with E-state index in [2.05, 4.69) is 16.6 Å². The van der Waals surface area contributed by atoms with Crippen LogP contribution in [0.15, 0.2) is 18.2 Å². The third-order valence-electron chi connectivity index (χ3n) is 3.18. The van der Waals surface area contributed by atoms with E-state index in [1.165, 1.54) is 0 Å². The Labute approximate surface area is 124 Å². The minimum absolute atomic E-state index is 0.0501. The second kappa shape index (κ2) is 7.34. The van der Waals surface area contributed by atoms with Crippen LogP contribution in [0.4, 0.5) is 5.69 Å². The highest BCUT2D eigenvalue weighted by Crippen LogP contribution is 2.26. The maximum atomic E-state index is 11.3. The summed E-state index contributed by atoms with van der Waals surface area (Å²) in [6.07, 6.45) is 7.31. The first-order valence-corrected chi connectivity index (χ1v) is 6.95. The summed E-state index contributed by atoms with van der Waals surface area (Å²) in [7, 11) is 0. The number of rotatable bonds is 6. The molecule has 2 N–H and O–H groups in total. The van der Waals surface area contributed by atoms with Crippen LogP contribution < -0.4 is 15.4 Å². The number of nitrogens with one attached hydrogen (secondary N) is 2. The second-order valence-electron chi connectivity index (χ2n) is 4.80. The Morgan fingerprint density at radius 3 is 3.10 bits per heavy atom. The van der Waals surface area contributed by atoms with Crippen molar-refractivity contribution in [1.29, 1.82) is 0 Å². The third-order valence-corrected chi connectivity index (χ3v) is 3.18. The van der Waals surface area contributed by atoms with Gasteiger partial charge in [-0.05, 0) is 36.6 Å². The molecular weight excluding hydrogens is 268 g/mol. The van der Waals surface area contributed by atoms with Crippen molar-refractivity contribution in [1.82, 2.24) is 5.32 Å². The highest BCUT2D eigenvalue weighted by molar-refractivity contribution is 5.94. The lowest BCUT2D eigenvalue weighted by Gasteiger charge is -2.17. The molecule has 5 nitrogen and oxygen atoms in total. The number of ether oxygens (including phenoxy) is 1. The van der Waals surface area contributed by atoms with Crippen LogP contribution in [-0.2, 0) is 16.0 Å². The predicted octanol–water partition coefficient (Wildman–Crippen LogP) is 1.48. The minimum Gasteiger partial charge on any atom is -0.494 e. The van der Waals surface area contributed by atoms with Crippen LogP contribution in [0.2, 0.25) is 0 Å². The number of anilines is 1. The van der Waals surface area contributed by atoms with Gasteiger partial charge in [-0.1, -0.05) is 5.92 Å². The van der Waals surface area contributed by atoms with Crippen molar-refractivity contribution in [3.63, 3.8) is 0 Å². The van der Waals surface area contributed by atoms with E-state index in [1.54, 1.807) is 0 Å². The number of benzene rings is 1. The molecule has 2 amide bonds. The Kier molecular flexibility index (Phi) is 5.22. The molecule has 0 bridgehead atoms. The lowest BCUT2D eigenvalue weighted by atomic mass is 10.0. The van der Waals surface area contributed by atoms with Gasteiger partial charge in [0, 0.05) is 18.5 Å². The van der Waals surface area contributed by atoms with Crippen LogP contribution >= 0.6 is 0 Å². The number of terminal acetylenes is 1. The maximum Gasteiger partial charge on any atom is 0.224 e. The smallest absolute Gasteiger partial charge is 0.224 e. The van der Waals surface area contributed by atoms with Gasteiger partial charge in [0.1, 0.15) is 5.75 Å². The monoisotopic (exact) mass is 286 g/mol. The Hall–Kier alpha value is -2.48. The lowest BCUT2D eigenvalue weighted by molar-refractivity contribution is -0.121. The summed E-state index contributed by atoms with van der Waals surface area (Å²) < 4.78 is 5.62. The molecule has 5 heteroatoms. The molecule has 0 fully saturated rings. The Morgan fingerprint density at radius 1 is 1.43 bits per heavy atom. The Bertz CT molecular complexity index is 575. The van der Waals surface area contributed by atoms with Gasteiger partial charge in [-0.25, -0.2) is 0 Å². The van der Waals surface area contributed by atoms with Gasteiger partial charge in [0.25, 0.3) is 0 Å². The average molecular weight is 286 g/mol. The molecular formula is C16H18N2O3. The zero-order valence-electron chi connectivity index (χ0n) is 11.8. The third kappa shape index (κ3) is 4.53. The van der Waals surface area contributed by atoms with Gasteiger partial charge in [0.05, 0.1) is 13.2 Å². The van der Waals surface area contributed by atoms with Gasteiger partial charge < -0.3 is 15.4 Å². The zero-order valence-corrected chi connectivity index (χ0v) is 11.8. The lowest BCUT2D eigenvalue weighted by Crippen LogP contribution is -2.23. The molecule has 1 aliphatic heterocycles. The molecule has 21 heavy (non-hydrogen) atoms. The summed E-state index contributed by atoms with van der Waals surface area (Å²) in [5, 5.41) is 5.43. The van der Waals surface area contributed by atoms with Crippen molar-refractivity contribution < 1.29 is 14.3 Å². The number of fused-ring (bicyclic) bond motifs is 1. The van der Waals surface area contributed by atoms with E-state index in [0.29, 0.717) is 25.9 Å². The molecule has 0 radical (unpaired) electrons. The number of amides is 2. The molecule has 1 heterocycles. The van der Waals surface area contributed by atoms with Crippen LogP contribution in [0.5, 0.6) is 5.75 Å². The fourth-order valence-corrected chi connectivity index (χ4v) is 2.11. The first kappa shape index (κ1) is 14.9. The van der Waals surface area contributed by atoms with Crippen LogP contribution in [0.1, 0.15) is 24.8 Å². The molecule has 0 spiro atoms. The molecule has 1 aromatic carbocycles. The number of hydrogen-bond donors (Lipinski definition) is 2. The van der Waals surface area contributed by atoms with Crippen molar-refractivity contribution >= 4 is 17.5 Å². The number of carbonyl (C=O) groups is 2. The molecule has 0 aromatic heterocycles. The molecule has 0 saturated heterocycles. The van der Waals surface area contributed by atoms with E-state index < -0.39 is 0 Å². The molecule has 0 unspecified atom stereocenters.